The van der Waals surface area contributed by atoms with Gasteiger partial charge in [-0.3, -0.25) is 14.5 Å². The molecule has 128 valence electrons. The van der Waals surface area contributed by atoms with Crippen molar-refractivity contribution < 1.29 is 4.79 Å². The van der Waals surface area contributed by atoms with Crippen molar-refractivity contribution in [1.82, 2.24) is 35.0 Å². The van der Waals surface area contributed by atoms with Crippen molar-refractivity contribution in [1.29, 1.82) is 0 Å². The molecular weight excluding hydrogens is 318 g/mol. The van der Waals surface area contributed by atoms with E-state index in [2.05, 4.69) is 30.4 Å². The minimum absolute atomic E-state index is 0.187. The van der Waals surface area contributed by atoms with Gasteiger partial charge in [-0.05, 0) is 32.4 Å². The molecule has 0 unspecified atom stereocenters. The number of aromatic nitrogens is 6. The molecule has 1 N–H and O–H groups in total. The van der Waals surface area contributed by atoms with E-state index in [4.69, 9.17) is 0 Å². The second-order valence-corrected chi connectivity index (χ2v) is 5.57. The minimum Gasteiger partial charge on any atom is -0.352 e. The third-order valence-electron chi connectivity index (χ3n) is 3.65. The van der Waals surface area contributed by atoms with Gasteiger partial charge in [-0.15, -0.1) is 0 Å². The Balaban J connectivity index is 1.50. The molecule has 3 rings (SSSR count). The Bertz CT molecular complexity index is 843. The maximum Gasteiger partial charge on any atom is 0.254 e. The summed E-state index contributed by atoms with van der Waals surface area (Å²) in [6.07, 6.45) is 7.19. The second kappa shape index (κ2) is 7.61. The lowest BCUT2D eigenvalue weighted by Gasteiger charge is -2.06. The zero-order chi connectivity index (χ0) is 17.6. The summed E-state index contributed by atoms with van der Waals surface area (Å²) >= 11 is 0. The van der Waals surface area contributed by atoms with Gasteiger partial charge in [0.25, 0.3) is 5.91 Å². The van der Waals surface area contributed by atoms with E-state index in [1.165, 1.54) is 12.4 Å². The highest BCUT2D eigenvalue weighted by Gasteiger charge is 2.08. The van der Waals surface area contributed by atoms with Gasteiger partial charge in [0.1, 0.15) is 11.6 Å². The average Bonchev–Trinajstić information content (AvgIpc) is 2.97. The number of carbonyl (C=O) groups is 1. The van der Waals surface area contributed by atoms with Crippen molar-refractivity contribution in [3.8, 4) is 11.4 Å². The van der Waals surface area contributed by atoms with Gasteiger partial charge in [-0.2, -0.15) is 5.10 Å². The number of carbonyl (C=O) groups excluding carboxylic acids is 1. The molecule has 8 nitrogen and oxygen atoms in total. The quantitative estimate of drug-likeness (QED) is 0.686. The van der Waals surface area contributed by atoms with E-state index >= 15 is 0 Å². The predicted molar refractivity (Wildman–Crippen MR) is 91.7 cm³/mol. The van der Waals surface area contributed by atoms with Crippen LogP contribution in [0.5, 0.6) is 0 Å². The zero-order valence-corrected chi connectivity index (χ0v) is 14.2. The highest BCUT2D eigenvalue weighted by molar-refractivity contribution is 5.93. The maximum absolute atomic E-state index is 12.1. The molecule has 25 heavy (non-hydrogen) atoms. The van der Waals surface area contributed by atoms with Crippen molar-refractivity contribution in [2.24, 2.45) is 0 Å². The van der Waals surface area contributed by atoms with Crippen LogP contribution in [0.25, 0.3) is 11.4 Å². The summed E-state index contributed by atoms with van der Waals surface area (Å²) in [7, 11) is 0. The Kier molecular flexibility index (Phi) is 5.08. The Morgan fingerprint density at radius 2 is 1.88 bits per heavy atom. The van der Waals surface area contributed by atoms with Gasteiger partial charge >= 0.3 is 0 Å². The van der Waals surface area contributed by atoms with Gasteiger partial charge in [-0.1, -0.05) is 0 Å². The molecule has 0 saturated heterocycles. The Labute approximate surface area is 145 Å². The van der Waals surface area contributed by atoms with Crippen LogP contribution in [0.4, 0.5) is 0 Å². The monoisotopic (exact) mass is 337 g/mol. The smallest absolute Gasteiger partial charge is 0.254 e. The van der Waals surface area contributed by atoms with E-state index in [1.807, 2.05) is 30.7 Å². The number of hydrogen-bond acceptors (Lipinski definition) is 6. The average molecular weight is 337 g/mol. The molecule has 0 aromatic carbocycles. The first-order valence-corrected chi connectivity index (χ1v) is 8.02. The van der Waals surface area contributed by atoms with Gasteiger partial charge in [0.05, 0.1) is 5.56 Å². The first kappa shape index (κ1) is 16.7. The van der Waals surface area contributed by atoms with E-state index in [0.717, 1.165) is 23.6 Å². The molecule has 1 amide bonds. The van der Waals surface area contributed by atoms with Crippen LogP contribution in [0.15, 0.2) is 36.9 Å². The standard InChI is InChI=1S/C17H19N7O/c1-12-22-13(2)24(23-12)9-3-6-19-17(25)15-10-20-16(21-11-15)14-4-7-18-8-5-14/h4-5,7-8,10-11H,3,6,9H2,1-2H3,(H,19,25). The molecule has 0 bridgehead atoms. The summed E-state index contributed by atoms with van der Waals surface area (Å²) in [5, 5.41) is 7.16. The number of nitrogens with zero attached hydrogens (tertiary/aromatic N) is 6. The number of pyridine rings is 1. The van der Waals surface area contributed by atoms with E-state index in [-0.39, 0.29) is 5.91 Å². The molecule has 3 aromatic rings. The van der Waals surface area contributed by atoms with Crippen LogP contribution >= 0.6 is 0 Å². The van der Waals surface area contributed by atoms with Gasteiger partial charge in [-0.25, -0.2) is 15.0 Å². The van der Waals surface area contributed by atoms with E-state index in [0.29, 0.717) is 24.5 Å². The second-order valence-electron chi connectivity index (χ2n) is 5.57. The number of amides is 1. The van der Waals surface area contributed by atoms with Crippen molar-refractivity contribution >= 4 is 5.91 Å². The molecule has 0 fully saturated rings. The topological polar surface area (TPSA) is 98.5 Å². The van der Waals surface area contributed by atoms with Crippen LogP contribution in [-0.2, 0) is 6.54 Å². The van der Waals surface area contributed by atoms with Gasteiger partial charge in [0, 0.05) is 43.4 Å². The fourth-order valence-corrected chi connectivity index (χ4v) is 2.40. The van der Waals surface area contributed by atoms with Crippen LogP contribution in [-0.4, -0.2) is 42.2 Å². The van der Waals surface area contributed by atoms with Crippen LogP contribution in [0, 0.1) is 13.8 Å². The number of aryl methyl sites for hydroxylation is 3. The SMILES string of the molecule is Cc1nc(C)n(CCCNC(=O)c2cnc(-c3ccncc3)nc2)n1. The summed E-state index contributed by atoms with van der Waals surface area (Å²) < 4.78 is 1.84. The number of hydrogen-bond donors (Lipinski definition) is 1. The van der Waals surface area contributed by atoms with E-state index in [9.17, 15) is 4.79 Å². The van der Waals surface area contributed by atoms with Crippen molar-refractivity contribution in [2.75, 3.05) is 6.54 Å². The first-order valence-electron chi connectivity index (χ1n) is 8.02. The fraction of sp³-hybridized carbons (Fsp3) is 0.294. The summed E-state index contributed by atoms with van der Waals surface area (Å²) in [5.41, 5.74) is 1.30. The molecule has 3 aromatic heterocycles. The van der Waals surface area contributed by atoms with Crippen LogP contribution in [0.2, 0.25) is 0 Å². The summed E-state index contributed by atoms with van der Waals surface area (Å²) in [6, 6.07) is 3.64. The molecule has 3 heterocycles. The first-order chi connectivity index (χ1) is 12.1. The Hall–Kier alpha value is -3.16. The third kappa shape index (κ3) is 4.23. The number of nitrogens with one attached hydrogen (secondary N) is 1. The molecular formula is C17H19N7O. The Morgan fingerprint density at radius 3 is 2.52 bits per heavy atom. The van der Waals surface area contributed by atoms with Crippen LogP contribution in [0.1, 0.15) is 28.4 Å². The minimum atomic E-state index is -0.187. The molecule has 0 spiro atoms. The Morgan fingerprint density at radius 1 is 1.16 bits per heavy atom. The molecule has 0 aliphatic heterocycles. The van der Waals surface area contributed by atoms with Crippen molar-refractivity contribution in [3.05, 3.63) is 54.1 Å². The molecule has 0 aliphatic carbocycles. The summed E-state index contributed by atoms with van der Waals surface area (Å²) in [6.45, 7) is 5.04. The van der Waals surface area contributed by atoms with Crippen LogP contribution < -0.4 is 5.32 Å². The maximum atomic E-state index is 12.1. The van der Waals surface area contributed by atoms with Crippen molar-refractivity contribution in [2.45, 2.75) is 26.8 Å². The highest BCUT2D eigenvalue weighted by atomic mass is 16.1. The fourth-order valence-electron chi connectivity index (χ4n) is 2.40. The molecule has 0 aliphatic rings. The lowest BCUT2D eigenvalue weighted by atomic mass is 10.2. The lowest BCUT2D eigenvalue weighted by molar-refractivity contribution is 0.0952. The molecule has 8 heteroatoms. The van der Waals surface area contributed by atoms with E-state index in [1.54, 1.807) is 12.4 Å². The number of rotatable bonds is 6. The zero-order valence-electron chi connectivity index (χ0n) is 14.2. The van der Waals surface area contributed by atoms with Gasteiger partial charge < -0.3 is 5.32 Å². The highest BCUT2D eigenvalue weighted by Crippen LogP contribution is 2.12. The van der Waals surface area contributed by atoms with E-state index < -0.39 is 0 Å². The summed E-state index contributed by atoms with van der Waals surface area (Å²) in [4.78, 5) is 28.8. The summed E-state index contributed by atoms with van der Waals surface area (Å²) in [5.74, 6) is 2.01. The molecule has 0 radical (unpaired) electrons. The van der Waals surface area contributed by atoms with Gasteiger partial charge in [0.2, 0.25) is 0 Å². The molecule has 0 saturated carbocycles. The largest absolute Gasteiger partial charge is 0.352 e. The predicted octanol–water partition coefficient (Wildman–Crippen LogP) is 1.57. The molecule has 0 atom stereocenters. The van der Waals surface area contributed by atoms with Crippen LogP contribution in [0.3, 0.4) is 0 Å². The van der Waals surface area contributed by atoms with Gasteiger partial charge in [0.15, 0.2) is 5.82 Å². The van der Waals surface area contributed by atoms with Crippen molar-refractivity contribution in [3.63, 3.8) is 0 Å². The third-order valence-corrected chi connectivity index (χ3v) is 3.65. The lowest BCUT2D eigenvalue weighted by Crippen LogP contribution is -2.25. The normalized spacial score (nSPS) is 10.6.